The molecule has 0 fully saturated rings. The predicted octanol–water partition coefficient (Wildman–Crippen LogP) is 1.24. The van der Waals surface area contributed by atoms with Gasteiger partial charge in [-0.15, -0.1) is 0 Å². The third-order valence-corrected chi connectivity index (χ3v) is 1.98. The highest BCUT2D eigenvalue weighted by atomic mass is 79.9. The minimum atomic E-state index is 0.472. The zero-order valence-corrected chi connectivity index (χ0v) is 6.63. The lowest BCUT2D eigenvalue weighted by atomic mass is 10.3. The minimum absolute atomic E-state index is 0.472. The minimum Gasteiger partial charge on any atom is -0.397 e. The number of aldehydes is 1. The van der Waals surface area contributed by atoms with Crippen molar-refractivity contribution >= 4 is 27.9 Å². The molecule has 0 saturated heterocycles. The van der Waals surface area contributed by atoms with Crippen LogP contribution < -0.4 is 5.73 Å². The highest BCUT2D eigenvalue weighted by Crippen LogP contribution is 2.20. The normalized spacial score (nSPS) is 9.30. The van der Waals surface area contributed by atoms with Gasteiger partial charge < -0.3 is 5.73 Å². The average Bonchev–Trinajstić information content (AvgIpc) is 1.95. The first-order valence-electron chi connectivity index (χ1n) is 2.60. The van der Waals surface area contributed by atoms with Crippen LogP contribution in [0.2, 0.25) is 0 Å². The lowest BCUT2D eigenvalue weighted by Crippen LogP contribution is -1.92. The molecular formula is C6H5BrN2O. The lowest BCUT2D eigenvalue weighted by Gasteiger charge is -1.97. The Bertz CT molecular complexity index is 262. The Balaban J connectivity index is 3.27. The number of rotatable bonds is 1. The van der Waals surface area contributed by atoms with Crippen LogP contribution in [-0.4, -0.2) is 11.3 Å². The Labute approximate surface area is 66.4 Å². The molecule has 0 spiro atoms. The van der Waals surface area contributed by atoms with E-state index in [0.29, 0.717) is 22.0 Å². The fourth-order valence-corrected chi connectivity index (χ4v) is 0.858. The third-order valence-electron chi connectivity index (χ3n) is 1.06. The summed E-state index contributed by atoms with van der Waals surface area (Å²) in [7, 11) is 0. The summed E-state index contributed by atoms with van der Waals surface area (Å²) in [5.41, 5.74) is 6.38. The first-order valence-corrected chi connectivity index (χ1v) is 3.39. The number of anilines is 1. The van der Waals surface area contributed by atoms with Gasteiger partial charge in [0.2, 0.25) is 0 Å². The van der Waals surface area contributed by atoms with Crippen LogP contribution in [0.5, 0.6) is 0 Å². The molecule has 0 aliphatic rings. The maximum absolute atomic E-state index is 10.3. The number of pyridine rings is 1. The molecular weight excluding hydrogens is 196 g/mol. The molecule has 0 unspecified atom stereocenters. The van der Waals surface area contributed by atoms with Crippen LogP contribution in [-0.2, 0) is 0 Å². The summed E-state index contributed by atoms with van der Waals surface area (Å²) in [4.78, 5) is 14.0. The quantitative estimate of drug-likeness (QED) is 0.695. The van der Waals surface area contributed by atoms with Crippen molar-refractivity contribution in [2.45, 2.75) is 0 Å². The van der Waals surface area contributed by atoms with E-state index in [2.05, 4.69) is 20.9 Å². The molecule has 0 aromatic carbocycles. The number of nitrogens with two attached hydrogens (primary N) is 1. The van der Waals surface area contributed by atoms with Gasteiger partial charge in [-0.2, -0.15) is 0 Å². The zero-order valence-electron chi connectivity index (χ0n) is 5.04. The van der Waals surface area contributed by atoms with Gasteiger partial charge in [0.25, 0.3) is 0 Å². The van der Waals surface area contributed by atoms with Crippen molar-refractivity contribution in [2.24, 2.45) is 0 Å². The number of halogens is 1. The number of hydrogen-bond donors (Lipinski definition) is 1. The highest BCUT2D eigenvalue weighted by molar-refractivity contribution is 9.10. The van der Waals surface area contributed by atoms with E-state index >= 15 is 0 Å². The molecule has 0 bridgehead atoms. The van der Waals surface area contributed by atoms with E-state index in [4.69, 9.17) is 5.73 Å². The Hall–Kier alpha value is -0.900. The predicted molar refractivity (Wildman–Crippen MR) is 41.7 cm³/mol. The van der Waals surface area contributed by atoms with Gasteiger partial charge in [0.1, 0.15) is 0 Å². The third kappa shape index (κ3) is 1.16. The molecule has 1 rings (SSSR count). The SMILES string of the molecule is Nc1cncc(C=O)c1Br. The van der Waals surface area contributed by atoms with Crippen molar-refractivity contribution in [3.05, 3.63) is 22.4 Å². The van der Waals surface area contributed by atoms with E-state index in [1.165, 1.54) is 12.4 Å². The van der Waals surface area contributed by atoms with Crippen molar-refractivity contribution in [3.8, 4) is 0 Å². The van der Waals surface area contributed by atoms with Gasteiger partial charge >= 0.3 is 0 Å². The van der Waals surface area contributed by atoms with Crippen LogP contribution in [0, 0.1) is 0 Å². The van der Waals surface area contributed by atoms with Gasteiger partial charge in [0.05, 0.1) is 16.4 Å². The first kappa shape index (κ1) is 7.21. The zero-order chi connectivity index (χ0) is 7.56. The number of hydrogen-bond acceptors (Lipinski definition) is 3. The van der Waals surface area contributed by atoms with Gasteiger partial charge in [-0.3, -0.25) is 9.78 Å². The summed E-state index contributed by atoms with van der Waals surface area (Å²) >= 11 is 3.14. The fraction of sp³-hybridized carbons (Fsp3) is 0. The van der Waals surface area contributed by atoms with Crippen LogP contribution in [0.25, 0.3) is 0 Å². The molecule has 52 valence electrons. The number of carbonyl (C=O) groups is 1. The van der Waals surface area contributed by atoms with Crippen molar-refractivity contribution < 1.29 is 4.79 Å². The van der Waals surface area contributed by atoms with Gasteiger partial charge in [0, 0.05) is 11.8 Å². The lowest BCUT2D eigenvalue weighted by molar-refractivity contribution is 0.112. The topological polar surface area (TPSA) is 56.0 Å². The van der Waals surface area contributed by atoms with Gasteiger partial charge in [-0.1, -0.05) is 0 Å². The van der Waals surface area contributed by atoms with Gasteiger partial charge in [-0.25, -0.2) is 0 Å². The summed E-state index contributed by atoms with van der Waals surface area (Å²) in [5.74, 6) is 0. The molecule has 0 amide bonds. The second-order valence-electron chi connectivity index (χ2n) is 1.75. The average molecular weight is 201 g/mol. The van der Waals surface area contributed by atoms with Gasteiger partial charge in [0.15, 0.2) is 6.29 Å². The summed E-state index contributed by atoms with van der Waals surface area (Å²) in [6.07, 6.45) is 3.64. The smallest absolute Gasteiger partial charge is 0.152 e. The Morgan fingerprint density at radius 1 is 1.60 bits per heavy atom. The van der Waals surface area contributed by atoms with Crippen molar-refractivity contribution in [3.63, 3.8) is 0 Å². The maximum Gasteiger partial charge on any atom is 0.152 e. The summed E-state index contributed by atoms with van der Waals surface area (Å²) in [6, 6.07) is 0. The van der Waals surface area contributed by atoms with Crippen LogP contribution >= 0.6 is 15.9 Å². The molecule has 0 radical (unpaired) electrons. The van der Waals surface area contributed by atoms with E-state index in [1.807, 2.05) is 0 Å². The largest absolute Gasteiger partial charge is 0.397 e. The molecule has 0 aliphatic heterocycles. The first-order chi connectivity index (χ1) is 4.75. The van der Waals surface area contributed by atoms with Crippen LogP contribution in [0.4, 0.5) is 5.69 Å². The molecule has 1 aromatic heterocycles. The molecule has 1 aromatic rings. The van der Waals surface area contributed by atoms with Crippen molar-refractivity contribution in [1.82, 2.24) is 4.98 Å². The summed E-state index contributed by atoms with van der Waals surface area (Å²) < 4.78 is 0.609. The van der Waals surface area contributed by atoms with E-state index in [1.54, 1.807) is 0 Å². The second kappa shape index (κ2) is 2.79. The summed E-state index contributed by atoms with van der Waals surface area (Å²) in [5, 5.41) is 0. The standard InChI is InChI=1S/C6H5BrN2O/c7-6-4(3-10)1-9-2-5(6)8/h1-3H,8H2. The van der Waals surface area contributed by atoms with Crippen molar-refractivity contribution in [1.29, 1.82) is 0 Å². The van der Waals surface area contributed by atoms with Gasteiger partial charge in [-0.05, 0) is 15.9 Å². The number of nitrogen functional groups attached to an aromatic ring is 1. The molecule has 2 N–H and O–H groups in total. The Morgan fingerprint density at radius 2 is 2.30 bits per heavy atom. The molecule has 3 nitrogen and oxygen atoms in total. The molecule has 0 atom stereocenters. The Morgan fingerprint density at radius 3 is 2.80 bits per heavy atom. The monoisotopic (exact) mass is 200 g/mol. The van der Waals surface area contributed by atoms with E-state index < -0.39 is 0 Å². The molecule has 10 heavy (non-hydrogen) atoms. The van der Waals surface area contributed by atoms with Crippen LogP contribution in [0.3, 0.4) is 0 Å². The molecule has 0 aliphatic carbocycles. The number of nitrogens with zero attached hydrogens (tertiary/aromatic N) is 1. The number of carbonyl (C=O) groups excluding carboxylic acids is 1. The molecule has 0 saturated carbocycles. The fourth-order valence-electron chi connectivity index (χ4n) is 0.560. The van der Waals surface area contributed by atoms with E-state index in [0.717, 1.165) is 0 Å². The Kier molecular flexibility index (Phi) is 2.01. The number of aromatic nitrogens is 1. The van der Waals surface area contributed by atoms with Crippen molar-refractivity contribution in [2.75, 3.05) is 5.73 Å². The van der Waals surface area contributed by atoms with Crippen LogP contribution in [0.15, 0.2) is 16.9 Å². The molecule has 4 heteroatoms. The second-order valence-corrected chi connectivity index (χ2v) is 2.54. The van der Waals surface area contributed by atoms with Crippen LogP contribution in [0.1, 0.15) is 10.4 Å². The van der Waals surface area contributed by atoms with E-state index in [9.17, 15) is 4.79 Å². The van der Waals surface area contributed by atoms with E-state index in [-0.39, 0.29) is 0 Å². The highest BCUT2D eigenvalue weighted by Gasteiger charge is 2.00. The summed E-state index contributed by atoms with van der Waals surface area (Å²) in [6.45, 7) is 0. The molecule has 1 heterocycles. The maximum atomic E-state index is 10.3.